The molecule has 0 radical (unpaired) electrons. The van der Waals surface area contributed by atoms with Crippen LogP contribution in [0.1, 0.15) is 38.7 Å². The maximum Gasteiger partial charge on any atom is 0.264 e. The van der Waals surface area contributed by atoms with E-state index >= 15 is 0 Å². The Morgan fingerprint density at radius 1 is 0.902 bits per heavy atom. The van der Waals surface area contributed by atoms with Gasteiger partial charge in [0.2, 0.25) is 11.8 Å². The molecule has 11 heteroatoms. The molecule has 0 unspecified atom stereocenters. The molecular weight excluding hydrogens is 585 g/mol. The first-order valence-corrected chi connectivity index (χ1v) is 15.5. The molecular formula is C30H35Cl2N3O5S. The Labute approximate surface area is 252 Å². The molecule has 2 amide bonds. The van der Waals surface area contributed by atoms with Crippen LogP contribution in [0, 0.1) is 0 Å². The van der Waals surface area contributed by atoms with E-state index < -0.39 is 28.5 Å². The molecule has 0 aliphatic carbocycles. The smallest absolute Gasteiger partial charge is 0.264 e. The van der Waals surface area contributed by atoms with Gasteiger partial charge in [0.1, 0.15) is 18.3 Å². The molecule has 0 saturated heterocycles. The molecule has 8 nitrogen and oxygen atoms in total. The number of unbranched alkanes of at least 4 members (excludes halogenated alkanes) is 1. The Kier molecular flexibility index (Phi) is 11.9. The number of hydrogen-bond acceptors (Lipinski definition) is 5. The number of methoxy groups -OCH3 is 1. The highest BCUT2D eigenvalue weighted by Crippen LogP contribution is 2.27. The van der Waals surface area contributed by atoms with Gasteiger partial charge in [-0.3, -0.25) is 13.9 Å². The van der Waals surface area contributed by atoms with E-state index in [4.69, 9.17) is 27.9 Å². The summed E-state index contributed by atoms with van der Waals surface area (Å²) in [5.74, 6) is -0.337. The minimum atomic E-state index is -4.20. The summed E-state index contributed by atoms with van der Waals surface area (Å²) in [6, 6.07) is 18.2. The number of carbonyl (C=O) groups is 2. The Bertz CT molecular complexity index is 1400. The van der Waals surface area contributed by atoms with Crippen LogP contribution >= 0.6 is 23.2 Å². The van der Waals surface area contributed by atoms with E-state index in [1.54, 1.807) is 36.4 Å². The lowest BCUT2D eigenvalue weighted by molar-refractivity contribution is -0.140. The SMILES string of the molecule is CCCCNC(=O)[C@H](CC)N(Cc1ccc(Cl)cc1)C(=O)CN(c1ccc(Cl)cc1)S(=O)(=O)c1ccc(OC)cc1. The third-order valence-electron chi connectivity index (χ3n) is 6.52. The number of ether oxygens (including phenoxy) is 1. The normalized spacial score (nSPS) is 11.9. The molecule has 3 rings (SSSR count). The standard InChI is InChI=1S/C30H35Cl2N3O5S/c1-4-6-19-33-30(37)28(5-2)34(20-22-7-9-23(31)10-8-22)29(36)21-35(25-13-11-24(32)12-14-25)41(38,39)27-17-15-26(40-3)16-18-27/h7-18,28H,4-6,19-21H2,1-3H3,(H,33,37)/t28-/m0/s1. The van der Waals surface area contributed by atoms with Gasteiger partial charge in [-0.15, -0.1) is 0 Å². The summed E-state index contributed by atoms with van der Waals surface area (Å²) >= 11 is 12.1. The topological polar surface area (TPSA) is 96.0 Å². The number of nitrogens with one attached hydrogen (secondary N) is 1. The zero-order valence-corrected chi connectivity index (χ0v) is 25.7. The fourth-order valence-corrected chi connectivity index (χ4v) is 5.89. The highest BCUT2D eigenvalue weighted by atomic mass is 35.5. The summed E-state index contributed by atoms with van der Waals surface area (Å²) in [6.07, 6.45) is 2.05. The van der Waals surface area contributed by atoms with E-state index in [1.807, 2.05) is 13.8 Å². The number of rotatable bonds is 14. The largest absolute Gasteiger partial charge is 0.497 e. The third-order valence-corrected chi connectivity index (χ3v) is 8.81. The number of sulfonamides is 1. The lowest BCUT2D eigenvalue weighted by Crippen LogP contribution is -2.52. The van der Waals surface area contributed by atoms with E-state index in [2.05, 4.69) is 5.32 Å². The fraction of sp³-hybridized carbons (Fsp3) is 0.333. The number of halogens is 2. The van der Waals surface area contributed by atoms with Gasteiger partial charge < -0.3 is 15.0 Å². The van der Waals surface area contributed by atoms with Crippen molar-refractivity contribution in [2.24, 2.45) is 0 Å². The van der Waals surface area contributed by atoms with Crippen molar-refractivity contribution < 1.29 is 22.7 Å². The second-order valence-electron chi connectivity index (χ2n) is 9.38. The van der Waals surface area contributed by atoms with Crippen LogP contribution in [0.25, 0.3) is 0 Å². The molecule has 0 aromatic heterocycles. The minimum absolute atomic E-state index is 0.0188. The van der Waals surface area contributed by atoms with Crippen molar-refractivity contribution in [1.29, 1.82) is 0 Å². The summed E-state index contributed by atoms with van der Waals surface area (Å²) in [7, 11) is -2.71. The molecule has 0 aliphatic rings. The highest BCUT2D eigenvalue weighted by molar-refractivity contribution is 7.92. The number of anilines is 1. The molecule has 1 N–H and O–H groups in total. The predicted molar refractivity (Wildman–Crippen MR) is 163 cm³/mol. The zero-order chi connectivity index (χ0) is 30.0. The number of hydrogen-bond donors (Lipinski definition) is 1. The minimum Gasteiger partial charge on any atom is -0.497 e. The van der Waals surface area contributed by atoms with E-state index in [1.165, 1.54) is 48.4 Å². The van der Waals surface area contributed by atoms with Crippen LogP contribution in [-0.4, -0.2) is 51.4 Å². The number of carbonyl (C=O) groups excluding carboxylic acids is 2. The van der Waals surface area contributed by atoms with Crippen molar-refractivity contribution in [1.82, 2.24) is 10.2 Å². The number of benzene rings is 3. The molecule has 0 bridgehead atoms. The predicted octanol–water partition coefficient (Wildman–Crippen LogP) is 5.92. The van der Waals surface area contributed by atoms with E-state index in [0.29, 0.717) is 28.8 Å². The molecule has 0 fully saturated rings. The van der Waals surface area contributed by atoms with Crippen LogP contribution in [0.5, 0.6) is 5.75 Å². The summed E-state index contributed by atoms with van der Waals surface area (Å²) < 4.78 is 34.0. The number of amides is 2. The summed E-state index contributed by atoms with van der Waals surface area (Å²) in [5, 5.41) is 3.87. The van der Waals surface area contributed by atoms with Crippen LogP contribution in [0.3, 0.4) is 0 Å². The van der Waals surface area contributed by atoms with Gasteiger partial charge >= 0.3 is 0 Å². The van der Waals surface area contributed by atoms with Gasteiger partial charge in [0.25, 0.3) is 10.0 Å². The van der Waals surface area contributed by atoms with Gasteiger partial charge in [-0.25, -0.2) is 8.42 Å². The Balaban J connectivity index is 2.02. The summed E-state index contributed by atoms with van der Waals surface area (Å²) in [5.41, 5.74) is 1.00. The van der Waals surface area contributed by atoms with E-state index in [9.17, 15) is 18.0 Å². The molecule has 3 aromatic rings. The van der Waals surface area contributed by atoms with Crippen LogP contribution in [0.2, 0.25) is 10.0 Å². The van der Waals surface area contributed by atoms with Crippen LogP contribution in [0.4, 0.5) is 5.69 Å². The van der Waals surface area contributed by atoms with Gasteiger partial charge in [-0.1, -0.05) is 55.6 Å². The first-order valence-electron chi connectivity index (χ1n) is 13.3. The van der Waals surface area contributed by atoms with Crippen molar-refractivity contribution in [2.75, 3.05) is 24.5 Å². The molecule has 41 heavy (non-hydrogen) atoms. The lowest BCUT2D eigenvalue weighted by atomic mass is 10.1. The van der Waals surface area contributed by atoms with Crippen LogP contribution in [-0.2, 0) is 26.2 Å². The molecule has 0 aliphatic heterocycles. The summed E-state index contributed by atoms with van der Waals surface area (Å²) in [6.45, 7) is 3.87. The second kappa shape index (κ2) is 15.1. The monoisotopic (exact) mass is 619 g/mol. The quantitative estimate of drug-likeness (QED) is 0.226. The molecule has 3 aromatic carbocycles. The van der Waals surface area contributed by atoms with Crippen molar-refractivity contribution in [3.05, 3.63) is 88.4 Å². The van der Waals surface area contributed by atoms with Crippen molar-refractivity contribution in [3.8, 4) is 5.75 Å². The Morgan fingerprint density at radius 3 is 2.02 bits per heavy atom. The average molecular weight is 621 g/mol. The fourth-order valence-electron chi connectivity index (χ4n) is 4.22. The molecule has 0 spiro atoms. The molecule has 1 atom stereocenters. The summed E-state index contributed by atoms with van der Waals surface area (Å²) in [4.78, 5) is 28.7. The van der Waals surface area contributed by atoms with Gasteiger partial charge in [0.05, 0.1) is 17.7 Å². The Hall–Kier alpha value is -3.27. The maximum atomic E-state index is 14.0. The zero-order valence-electron chi connectivity index (χ0n) is 23.3. The first kappa shape index (κ1) is 32.2. The molecule has 220 valence electrons. The third kappa shape index (κ3) is 8.61. The Morgan fingerprint density at radius 2 is 1.49 bits per heavy atom. The van der Waals surface area contributed by atoms with Gasteiger partial charge in [0.15, 0.2) is 0 Å². The van der Waals surface area contributed by atoms with Gasteiger partial charge in [-0.2, -0.15) is 0 Å². The first-order chi connectivity index (χ1) is 19.6. The van der Waals surface area contributed by atoms with E-state index in [-0.39, 0.29) is 23.0 Å². The van der Waals surface area contributed by atoms with Crippen LogP contribution in [0.15, 0.2) is 77.7 Å². The van der Waals surface area contributed by atoms with Gasteiger partial charge in [0, 0.05) is 23.1 Å². The lowest BCUT2D eigenvalue weighted by Gasteiger charge is -2.33. The maximum absolute atomic E-state index is 14.0. The highest BCUT2D eigenvalue weighted by Gasteiger charge is 2.33. The second-order valence-corrected chi connectivity index (χ2v) is 12.1. The molecule has 0 heterocycles. The van der Waals surface area contributed by atoms with Crippen molar-refractivity contribution in [3.63, 3.8) is 0 Å². The van der Waals surface area contributed by atoms with Gasteiger partial charge in [-0.05, 0) is 79.1 Å². The van der Waals surface area contributed by atoms with Crippen molar-refractivity contribution >= 4 is 50.7 Å². The van der Waals surface area contributed by atoms with E-state index in [0.717, 1.165) is 22.7 Å². The van der Waals surface area contributed by atoms with Crippen molar-refractivity contribution in [2.45, 2.75) is 50.6 Å². The number of nitrogens with zero attached hydrogens (tertiary/aromatic N) is 2. The average Bonchev–Trinajstić information content (AvgIpc) is 2.97. The van der Waals surface area contributed by atoms with Crippen LogP contribution < -0.4 is 14.4 Å². The molecule has 0 saturated carbocycles.